The second-order valence-corrected chi connectivity index (χ2v) is 3.66. The first kappa shape index (κ1) is 14.9. The summed E-state index contributed by atoms with van der Waals surface area (Å²) >= 11 is 0. The van der Waals surface area contributed by atoms with Crippen molar-refractivity contribution in [3.05, 3.63) is 41.7 Å². The molecule has 0 aliphatic carbocycles. The lowest BCUT2D eigenvalue weighted by molar-refractivity contribution is 0.418. The molecule has 0 heterocycles. The number of hydrogen-bond acceptors (Lipinski definition) is 2. The van der Waals surface area contributed by atoms with E-state index in [1.54, 1.807) is 19.1 Å². The Morgan fingerprint density at radius 3 is 2.75 bits per heavy atom. The van der Waals surface area contributed by atoms with Crippen LogP contribution in [0.25, 0.3) is 0 Å². The number of aryl methyl sites for hydroxylation is 1. The number of phenolic OH excluding ortho intramolecular Hbond substituents is 1. The van der Waals surface area contributed by atoms with Crippen LogP contribution < -0.4 is 5.73 Å². The lowest BCUT2D eigenvalue weighted by Gasteiger charge is -2.14. The highest BCUT2D eigenvalue weighted by atomic mass is 35.5. The average molecular weight is 246 g/mol. The van der Waals surface area contributed by atoms with Crippen LogP contribution >= 0.6 is 12.4 Å². The van der Waals surface area contributed by atoms with Crippen molar-refractivity contribution in [1.82, 2.24) is 0 Å². The van der Waals surface area contributed by atoms with Gasteiger partial charge < -0.3 is 10.8 Å². The van der Waals surface area contributed by atoms with Gasteiger partial charge in [-0.1, -0.05) is 12.1 Å². The summed E-state index contributed by atoms with van der Waals surface area (Å²) in [5.74, 6) is -0.948. The highest BCUT2D eigenvalue weighted by molar-refractivity contribution is 5.85. The molecule has 0 aliphatic rings. The number of phenols is 1. The molecule has 16 heavy (non-hydrogen) atoms. The molecule has 2 nitrogen and oxygen atoms in total. The topological polar surface area (TPSA) is 46.2 Å². The quantitative estimate of drug-likeness (QED) is 0.800. The predicted molar refractivity (Wildman–Crippen MR) is 66.4 cm³/mol. The van der Waals surface area contributed by atoms with E-state index in [1.807, 2.05) is 0 Å². The van der Waals surface area contributed by atoms with E-state index >= 15 is 0 Å². The van der Waals surface area contributed by atoms with Gasteiger partial charge in [-0.2, -0.15) is 0 Å². The summed E-state index contributed by atoms with van der Waals surface area (Å²) in [6.07, 6.45) is 3.15. The van der Waals surface area contributed by atoms with E-state index in [9.17, 15) is 9.50 Å². The number of aromatic hydroxyl groups is 1. The summed E-state index contributed by atoms with van der Waals surface area (Å²) in [4.78, 5) is 0. The third kappa shape index (κ3) is 3.51. The fourth-order valence-corrected chi connectivity index (χ4v) is 1.50. The Morgan fingerprint density at radius 1 is 1.56 bits per heavy atom. The molecule has 0 amide bonds. The molecular formula is C12H17ClFNO. The summed E-state index contributed by atoms with van der Waals surface area (Å²) in [6.45, 7) is 5.36. The van der Waals surface area contributed by atoms with E-state index in [-0.39, 0.29) is 24.2 Å². The molecule has 90 valence electrons. The van der Waals surface area contributed by atoms with E-state index in [0.717, 1.165) is 12.0 Å². The maximum Gasteiger partial charge on any atom is 0.165 e. The molecule has 1 rings (SSSR count). The molecule has 0 bridgehead atoms. The number of rotatable bonds is 4. The van der Waals surface area contributed by atoms with Gasteiger partial charge in [0.15, 0.2) is 11.6 Å². The lowest BCUT2D eigenvalue weighted by Crippen LogP contribution is -2.10. The molecule has 0 aromatic heterocycles. The van der Waals surface area contributed by atoms with Gasteiger partial charge in [-0.05, 0) is 31.4 Å². The van der Waals surface area contributed by atoms with Crippen LogP contribution in [0.1, 0.15) is 30.0 Å². The molecule has 0 spiro atoms. The minimum atomic E-state index is -0.612. The van der Waals surface area contributed by atoms with Gasteiger partial charge in [0.25, 0.3) is 0 Å². The van der Waals surface area contributed by atoms with Crippen LogP contribution in [0, 0.1) is 12.7 Å². The van der Waals surface area contributed by atoms with Crippen molar-refractivity contribution < 1.29 is 9.50 Å². The van der Waals surface area contributed by atoms with Crippen LogP contribution in [0.3, 0.4) is 0 Å². The first-order chi connectivity index (χ1) is 7.06. The monoisotopic (exact) mass is 245 g/mol. The number of nitrogens with two attached hydrogens (primary N) is 1. The van der Waals surface area contributed by atoms with Crippen LogP contribution in [0.15, 0.2) is 24.8 Å². The molecule has 4 heteroatoms. The Morgan fingerprint density at radius 2 is 2.19 bits per heavy atom. The van der Waals surface area contributed by atoms with E-state index in [1.165, 1.54) is 6.07 Å². The minimum Gasteiger partial charge on any atom is -0.505 e. The first-order valence-electron chi connectivity index (χ1n) is 4.91. The largest absolute Gasteiger partial charge is 0.505 e. The van der Waals surface area contributed by atoms with Crippen LogP contribution in [-0.4, -0.2) is 5.11 Å². The highest BCUT2D eigenvalue weighted by Gasteiger charge is 2.14. The third-order valence-electron chi connectivity index (χ3n) is 2.32. The number of hydrogen-bond donors (Lipinski definition) is 2. The van der Waals surface area contributed by atoms with Gasteiger partial charge in [0.1, 0.15) is 0 Å². The summed E-state index contributed by atoms with van der Waals surface area (Å²) in [7, 11) is 0. The fourth-order valence-electron chi connectivity index (χ4n) is 1.50. The third-order valence-corrected chi connectivity index (χ3v) is 2.32. The van der Waals surface area contributed by atoms with Crippen molar-refractivity contribution in [2.75, 3.05) is 0 Å². The van der Waals surface area contributed by atoms with Gasteiger partial charge in [-0.25, -0.2) is 4.39 Å². The normalized spacial score (nSPS) is 11.7. The molecule has 0 radical (unpaired) electrons. The maximum absolute atomic E-state index is 13.2. The number of halogens is 2. The molecular weight excluding hydrogens is 229 g/mol. The van der Waals surface area contributed by atoms with Crippen LogP contribution in [-0.2, 0) is 0 Å². The average Bonchev–Trinajstić information content (AvgIpc) is 2.19. The number of benzene rings is 1. The maximum atomic E-state index is 13.2. The molecule has 0 unspecified atom stereocenters. The molecule has 1 atom stereocenters. The highest BCUT2D eigenvalue weighted by Crippen LogP contribution is 2.29. The zero-order chi connectivity index (χ0) is 11.4. The van der Waals surface area contributed by atoms with Crippen molar-refractivity contribution in [2.45, 2.75) is 25.8 Å². The molecule has 0 fully saturated rings. The van der Waals surface area contributed by atoms with E-state index in [0.29, 0.717) is 12.0 Å². The van der Waals surface area contributed by atoms with Crippen molar-refractivity contribution in [3.8, 4) is 5.75 Å². The number of allylic oxidation sites excluding steroid dienone is 1. The molecule has 1 aromatic rings. The van der Waals surface area contributed by atoms with Gasteiger partial charge >= 0.3 is 0 Å². The van der Waals surface area contributed by atoms with Gasteiger partial charge in [-0.15, -0.1) is 19.0 Å². The molecule has 0 saturated carbocycles. The van der Waals surface area contributed by atoms with Crippen molar-refractivity contribution in [3.63, 3.8) is 0 Å². The lowest BCUT2D eigenvalue weighted by atomic mass is 9.99. The van der Waals surface area contributed by atoms with E-state index in [2.05, 4.69) is 6.58 Å². The Bertz CT molecular complexity index is 368. The standard InChI is InChI=1S/C12H16FNO.ClH/c1-3-4-5-11(14)9-6-8(2)7-10(13)12(9)15;/h3,6-7,11,15H,1,4-5,14H2,2H3;1H/t11-;/m1./s1. The Hall–Kier alpha value is -1.06. The zero-order valence-electron chi connectivity index (χ0n) is 9.24. The van der Waals surface area contributed by atoms with Gasteiger partial charge in [-0.3, -0.25) is 0 Å². The van der Waals surface area contributed by atoms with Crippen LogP contribution in [0.4, 0.5) is 4.39 Å². The van der Waals surface area contributed by atoms with Crippen LogP contribution in [0.5, 0.6) is 5.75 Å². The summed E-state index contributed by atoms with van der Waals surface area (Å²) in [5.41, 5.74) is 7.07. The smallest absolute Gasteiger partial charge is 0.165 e. The fraction of sp³-hybridized carbons (Fsp3) is 0.333. The second kappa shape index (κ2) is 6.51. The Kier molecular flexibility index (Phi) is 6.08. The molecule has 0 saturated heterocycles. The predicted octanol–water partition coefficient (Wildman–Crippen LogP) is 3.23. The van der Waals surface area contributed by atoms with Crippen molar-refractivity contribution in [2.24, 2.45) is 5.73 Å². The molecule has 1 aromatic carbocycles. The first-order valence-corrected chi connectivity index (χ1v) is 4.91. The molecule has 0 aliphatic heterocycles. The van der Waals surface area contributed by atoms with Gasteiger partial charge in [0.05, 0.1) is 0 Å². The van der Waals surface area contributed by atoms with E-state index < -0.39 is 5.82 Å². The second-order valence-electron chi connectivity index (χ2n) is 3.66. The summed E-state index contributed by atoms with van der Waals surface area (Å²) < 4.78 is 13.2. The van der Waals surface area contributed by atoms with Crippen molar-refractivity contribution in [1.29, 1.82) is 0 Å². The molecule has 3 N–H and O–H groups in total. The Balaban J connectivity index is 0.00000225. The SMILES string of the molecule is C=CCC[C@@H](N)c1cc(C)cc(F)c1O.Cl. The van der Waals surface area contributed by atoms with Crippen LogP contribution in [0.2, 0.25) is 0 Å². The Labute approximate surface area is 101 Å². The zero-order valence-corrected chi connectivity index (χ0v) is 10.1. The van der Waals surface area contributed by atoms with Gasteiger partial charge in [0, 0.05) is 11.6 Å². The van der Waals surface area contributed by atoms with E-state index in [4.69, 9.17) is 5.73 Å². The van der Waals surface area contributed by atoms with Crippen molar-refractivity contribution >= 4 is 12.4 Å². The summed E-state index contributed by atoms with van der Waals surface area (Å²) in [5, 5.41) is 9.51. The van der Waals surface area contributed by atoms with Gasteiger partial charge in [0.2, 0.25) is 0 Å². The summed E-state index contributed by atoms with van der Waals surface area (Å²) in [6, 6.07) is 2.66. The minimum absolute atomic E-state index is 0.